The SMILES string of the molecule is Cc1ccccc1-c1nn(-c2ccc(Cl)c(Cl)c2)c2c1CCN2. The summed E-state index contributed by atoms with van der Waals surface area (Å²) in [6.45, 7) is 3.04. The minimum absolute atomic E-state index is 0.531. The molecule has 3 aromatic rings. The number of hydrogen-bond donors (Lipinski definition) is 1. The van der Waals surface area contributed by atoms with Gasteiger partial charge in [-0.15, -0.1) is 0 Å². The first-order valence-electron chi connectivity index (χ1n) is 7.52. The summed E-state index contributed by atoms with van der Waals surface area (Å²) in [5.74, 6) is 1.04. The Morgan fingerprint density at radius 2 is 1.91 bits per heavy atom. The van der Waals surface area contributed by atoms with E-state index in [0.29, 0.717) is 10.0 Å². The highest BCUT2D eigenvalue weighted by Gasteiger charge is 2.24. The van der Waals surface area contributed by atoms with E-state index in [0.717, 1.165) is 30.2 Å². The lowest BCUT2D eigenvalue weighted by molar-refractivity contribution is 0.882. The molecule has 1 aromatic heterocycles. The Labute approximate surface area is 144 Å². The number of anilines is 1. The minimum atomic E-state index is 0.531. The summed E-state index contributed by atoms with van der Waals surface area (Å²) in [4.78, 5) is 0. The molecule has 116 valence electrons. The number of nitrogens with one attached hydrogen (secondary N) is 1. The number of halogens is 2. The van der Waals surface area contributed by atoms with E-state index in [2.05, 4.69) is 30.4 Å². The van der Waals surface area contributed by atoms with E-state index in [1.165, 1.54) is 16.7 Å². The topological polar surface area (TPSA) is 29.9 Å². The molecule has 0 fully saturated rings. The van der Waals surface area contributed by atoms with Gasteiger partial charge in [-0.3, -0.25) is 0 Å². The first kappa shape index (κ1) is 14.6. The van der Waals surface area contributed by atoms with Gasteiger partial charge in [0.25, 0.3) is 0 Å². The lowest BCUT2D eigenvalue weighted by Crippen LogP contribution is -2.04. The van der Waals surface area contributed by atoms with Gasteiger partial charge in [-0.05, 0) is 37.1 Å². The zero-order valence-electron chi connectivity index (χ0n) is 12.6. The molecule has 2 heterocycles. The third-order valence-corrected chi connectivity index (χ3v) is 4.94. The van der Waals surface area contributed by atoms with E-state index in [1.807, 2.05) is 22.9 Å². The van der Waals surface area contributed by atoms with Crippen LogP contribution in [0.4, 0.5) is 5.82 Å². The van der Waals surface area contributed by atoms with E-state index in [-0.39, 0.29) is 0 Å². The number of aromatic nitrogens is 2. The number of fused-ring (bicyclic) bond motifs is 1. The van der Waals surface area contributed by atoms with Crippen LogP contribution in [0.5, 0.6) is 0 Å². The molecular weight excluding hydrogens is 329 g/mol. The molecule has 0 saturated heterocycles. The van der Waals surface area contributed by atoms with Crippen molar-refractivity contribution in [3.63, 3.8) is 0 Å². The summed E-state index contributed by atoms with van der Waals surface area (Å²) in [6.07, 6.45) is 0.973. The number of rotatable bonds is 2. The Kier molecular flexibility index (Phi) is 3.55. The number of hydrogen-bond acceptors (Lipinski definition) is 2. The molecule has 0 saturated carbocycles. The molecule has 2 aromatic carbocycles. The van der Waals surface area contributed by atoms with E-state index >= 15 is 0 Å². The number of nitrogens with zero attached hydrogens (tertiary/aromatic N) is 2. The predicted molar refractivity (Wildman–Crippen MR) is 96.0 cm³/mol. The van der Waals surface area contributed by atoms with Gasteiger partial charge in [0.2, 0.25) is 0 Å². The molecular formula is C18H15Cl2N3. The summed E-state index contributed by atoms with van der Waals surface area (Å²) in [7, 11) is 0. The molecule has 3 nitrogen and oxygen atoms in total. The molecule has 0 radical (unpaired) electrons. The van der Waals surface area contributed by atoms with Crippen LogP contribution < -0.4 is 5.32 Å². The Morgan fingerprint density at radius 3 is 2.70 bits per heavy atom. The van der Waals surface area contributed by atoms with Crippen LogP contribution in [0.15, 0.2) is 42.5 Å². The number of aryl methyl sites for hydroxylation is 1. The predicted octanol–water partition coefficient (Wildman–Crippen LogP) is 5.12. The van der Waals surface area contributed by atoms with Crippen molar-refractivity contribution < 1.29 is 0 Å². The first-order chi connectivity index (χ1) is 11.1. The molecule has 0 amide bonds. The maximum absolute atomic E-state index is 6.17. The van der Waals surface area contributed by atoms with Crippen LogP contribution in [0.1, 0.15) is 11.1 Å². The highest BCUT2D eigenvalue weighted by molar-refractivity contribution is 6.42. The average Bonchev–Trinajstić information content (AvgIpc) is 3.13. The van der Waals surface area contributed by atoms with E-state index < -0.39 is 0 Å². The van der Waals surface area contributed by atoms with E-state index in [1.54, 1.807) is 6.07 Å². The van der Waals surface area contributed by atoms with Gasteiger partial charge in [-0.25, -0.2) is 4.68 Å². The quantitative estimate of drug-likeness (QED) is 0.699. The van der Waals surface area contributed by atoms with Crippen molar-refractivity contribution >= 4 is 29.0 Å². The monoisotopic (exact) mass is 343 g/mol. The summed E-state index contributed by atoms with van der Waals surface area (Å²) in [5.41, 5.74) is 5.59. The fourth-order valence-electron chi connectivity index (χ4n) is 3.03. The molecule has 23 heavy (non-hydrogen) atoms. The molecule has 0 atom stereocenters. The summed E-state index contributed by atoms with van der Waals surface area (Å²) < 4.78 is 1.92. The standard InChI is InChI=1S/C18H15Cl2N3/c1-11-4-2-3-5-13(11)17-14-8-9-21-18(14)23(22-17)12-6-7-15(19)16(20)10-12/h2-7,10,21H,8-9H2,1H3. The van der Waals surface area contributed by atoms with Gasteiger partial charge >= 0.3 is 0 Å². The van der Waals surface area contributed by atoms with Crippen LogP contribution in [-0.2, 0) is 6.42 Å². The zero-order chi connectivity index (χ0) is 16.0. The molecule has 5 heteroatoms. The molecule has 0 bridgehead atoms. The molecule has 4 rings (SSSR count). The highest BCUT2D eigenvalue weighted by atomic mass is 35.5. The lowest BCUT2D eigenvalue weighted by atomic mass is 10.0. The largest absolute Gasteiger partial charge is 0.369 e. The van der Waals surface area contributed by atoms with Crippen LogP contribution in [0.25, 0.3) is 16.9 Å². The molecule has 0 aliphatic carbocycles. The van der Waals surface area contributed by atoms with Gasteiger partial charge in [0, 0.05) is 17.7 Å². The second-order valence-corrected chi connectivity index (χ2v) is 6.49. The maximum Gasteiger partial charge on any atom is 0.133 e. The van der Waals surface area contributed by atoms with E-state index in [9.17, 15) is 0 Å². The van der Waals surface area contributed by atoms with Crippen molar-refractivity contribution in [3.05, 3.63) is 63.6 Å². The average molecular weight is 344 g/mol. The zero-order valence-corrected chi connectivity index (χ0v) is 14.1. The van der Waals surface area contributed by atoms with Crippen molar-refractivity contribution in [2.24, 2.45) is 0 Å². The Morgan fingerprint density at radius 1 is 1.09 bits per heavy atom. The van der Waals surface area contributed by atoms with Crippen molar-refractivity contribution in [1.29, 1.82) is 0 Å². The third kappa shape index (κ3) is 2.41. The Hall–Kier alpha value is -1.97. The van der Waals surface area contributed by atoms with Crippen LogP contribution in [0, 0.1) is 6.92 Å². The summed E-state index contributed by atoms with van der Waals surface area (Å²) in [5, 5.41) is 9.37. The smallest absolute Gasteiger partial charge is 0.133 e. The van der Waals surface area contributed by atoms with Crippen LogP contribution in [0.2, 0.25) is 10.0 Å². The van der Waals surface area contributed by atoms with Crippen LogP contribution in [-0.4, -0.2) is 16.3 Å². The fourth-order valence-corrected chi connectivity index (χ4v) is 3.33. The third-order valence-electron chi connectivity index (χ3n) is 4.20. The van der Waals surface area contributed by atoms with Gasteiger partial charge in [0.1, 0.15) is 5.82 Å². The maximum atomic E-state index is 6.17. The fraction of sp³-hybridized carbons (Fsp3) is 0.167. The Bertz CT molecular complexity index is 899. The summed E-state index contributed by atoms with van der Waals surface area (Å²) >= 11 is 12.2. The molecule has 1 aliphatic heterocycles. The van der Waals surface area contributed by atoms with E-state index in [4.69, 9.17) is 28.3 Å². The van der Waals surface area contributed by atoms with Gasteiger partial charge in [0.05, 0.1) is 21.4 Å². The minimum Gasteiger partial charge on any atom is -0.369 e. The van der Waals surface area contributed by atoms with Crippen molar-refractivity contribution in [3.8, 4) is 16.9 Å². The van der Waals surface area contributed by atoms with Crippen molar-refractivity contribution in [2.45, 2.75) is 13.3 Å². The lowest BCUT2D eigenvalue weighted by Gasteiger charge is -2.07. The molecule has 1 aliphatic rings. The van der Waals surface area contributed by atoms with Crippen LogP contribution >= 0.6 is 23.2 Å². The Balaban J connectivity index is 1.91. The second-order valence-electron chi connectivity index (χ2n) is 5.68. The van der Waals surface area contributed by atoms with Gasteiger partial charge in [-0.2, -0.15) is 5.10 Å². The van der Waals surface area contributed by atoms with Crippen molar-refractivity contribution in [2.75, 3.05) is 11.9 Å². The van der Waals surface area contributed by atoms with Gasteiger partial charge < -0.3 is 5.32 Å². The summed E-state index contributed by atoms with van der Waals surface area (Å²) in [6, 6.07) is 13.9. The second kappa shape index (κ2) is 5.59. The first-order valence-corrected chi connectivity index (χ1v) is 8.28. The highest BCUT2D eigenvalue weighted by Crippen LogP contribution is 2.36. The molecule has 0 unspecified atom stereocenters. The van der Waals surface area contributed by atoms with Gasteiger partial charge in [0.15, 0.2) is 0 Å². The van der Waals surface area contributed by atoms with Crippen LogP contribution in [0.3, 0.4) is 0 Å². The molecule has 1 N–H and O–H groups in total. The van der Waals surface area contributed by atoms with Crippen molar-refractivity contribution in [1.82, 2.24) is 9.78 Å². The molecule has 0 spiro atoms. The normalized spacial score (nSPS) is 13.0. The van der Waals surface area contributed by atoms with Gasteiger partial charge in [-0.1, -0.05) is 47.5 Å². The number of benzene rings is 2.